The van der Waals surface area contributed by atoms with Crippen molar-refractivity contribution < 1.29 is 19.1 Å². The summed E-state index contributed by atoms with van der Waals surface area (Å²) in [4.78, 5) is 28.4. The summed E-state index contributed by atoms with van der Waals surface area (Å²) in [6, 6.07) is 0.438. The summed E-state index contributed by atoms with van der Waals surface area (Å²) in [7, 11) is 4.02. The number of likely N-dealkylation sites (N-methyl/N-ethyl adjacent to an activating group) is 2. The Balaban J connectivity index is 1.31. The van der Waals surface area contributed by atoms with E-state index in [9.17, 15) is 9.59 Å². The van der Waals surface area contributed by atoms with Crippen molar-refractivity contribution in [1.29, 1.82) is 0 Å². The quantitative estimate of drug-likeness (QED) is 0.448. The molecular weight excluding hydrogens is 312 g/mol. The number of nitrogens with one attached hydrogen (secondary N) is 2. The second-order valence-electron chi connectivity index (χ2n) is 7.43. The lowest BCUT2D eigenvalue weighted by Crippen LogP contribution is -2.69. The lowest BCUT2D eigenvalue weighted by atomic mass is 9.87. The van der Waals surface area contributed by atoms with Gasteiger partial charge in [-0.05, 0) is 14.1 Å². The Bertz CT molecular complexity index is 547. The minimum atomic E-state index is -0.488. The molecule has 0 radical (unpaired) electrons. The fourth-order valence-corrected chi connectivity index (χ4v) is 4.60. The maximum Gasteiger partial charge on any atom is 0.331 e. The number of likely N-dealkylation sites (tertiary alicyclic amines) is 2. The Hall–Kier alpha value is -1.48. The van der Waals surface area contributed by atoms with Gasteiger partial charge in [-0.1, -0.05) is 0 Å². The van der Waals surface area contributed by atoms with Crippen LogP contribution in [-0.4, -0.2) is 98.4 Å². The smallest absolute Gasteiger partial charge is 0.331 e. The topological polar surface area (TPSA) is 83.1 Å². The summed E-state index contributed by atoms with van der Waals surface area (Å²) in [6.07, 6.45) is 2.36. The van der Waals surface area contributed by atoms with Gasteiger partial charge in [-0.2, -0.15) is 0 Å². The second kappa shape index (κ2) is 5.52. The van der Waals surface area contributed by atoms with Crippen molar-refractivity contribution in [3.63, 3.8) is 0 Å². The SMILES string of the molecule is CN1CC2(OC(=O)/C=C/C(=O)OC34CNCC3N(C)C4)CNCC12. The van der Waals surface area contributed by atoms with Crippen molar-refractivity contribution in [2.24, 2.45) is 0 Å². The molecule has 4 saturated heterocycles. The molecule has 0 spiro atoms. The van der Waals surface area contributed by atoms with Gasteiger partial charge < -0.3 is 20.1 Å². The molecule has 24 heavy (non-hydrogen) atoms. The summed E-state index contributed by atoms with van der Waals surface area (Å²) >= 11 is 0. The van der Waals surface area contributed by atoms with Crippen molar-refractivity contribution in [2.45, 2.75) is 23.3 Å². The van der Waals surface area contributed by atoms with Crippen LogP contribution in [-0.2, 0) is 19.1 Å². The fraction of sp³-hybridized carbons (Fsp3) is 0.750. The third-order valence-electron chi connectivity index (χ3n) is 5.80. The first-order valence-corrected chi connectivity index (χ1v) is 8.40. The van der Waals surface area contributed by atoms with Crippen LogP contribution in [0.4, 0.5) is 0 Å². The maximum absolute atomic E-state index is 12.1. The third kappa shape index (κ3) is 2.36. The van der Waals surface area contributed by atoms with E-state index < -0.39 is 23.1 Å². The first-order valence-electron chi connectivity index (χ1n) is 8.40. The molecule has 4 unspecified atom stereocenters. The molecule has 8 nitrogen and oxygen atoms in total. The highest BCUT2D eigenvalue weighted by molar-refractivity contribution is 5.92. The van der Waals surface area contributed by atoms with E-state index in [2.05, 4.69) is 20.4 Å². The third-order valence-corrected chi connectivity index (χ3v) is 5.80. The molecule has 4 heterocycles. The van der Waals surface area contributed by atoms with Crippen LogP contribution in [0.2, 0.25) is 0 Å². The molecule has 132 valence electrons. The number of carbonyl (C=O) groups is 2. The van der Waals surface area contributed by atoms with E-state index in [1.54, 1.807) is 0 Å². The molecule has 2 N–H and O–H groups in total. The predicted molar refractivity (Wildman–Crippen MR) is 85.4 cm³/mol. The lowest BCUT2D eigenvalue weighted by molar-refractivity contribution is -0.180. The van der Waals surface area contributed by atoms with Gasteiger partial charge in [0.15, 0.2) is 11.2 Å². The minimum absolute atomic E-state index is 0.219. The molecule has 0 saturated carbocycles. The first kappa shape index (κ1) is 16.0. The molecule has 4 rings (SSSR count). The highest BCUT2D eigenvalue weighted by atomic mass is 16.6. The van der Waals surface area contributed by atoms with Crippen LogP contribution in [0.25, 0.3) is 0 Å². The monoisotopic (exact) mass is 336 g/mol. The van der Waals surface area contributed by atoms with E-state index >= 15 is 0 Å². The van der Waals surface area contributed by atoms with Gasteiger partial charge in [0.1, 0.15) is 0 Å². The maximum atomic E-state index is 12.1. The Labute approximate surface area is 141 Å². The van der Waals surface area contributed by atoms with Crippen LogP contribution >= 0.6 is 0 Å². The molecule has 0 aromatic rings. The second-order valence-corrected chi connectivity index (χ2v) is 7.43. The van der Waals surface area contributed by atoms with E-state index in [4.69, 9.17) is 9.47 Å². The van der Waals surface area contributed by atoms with Gasteiger partial charge >= 0.3 is 11.9 Å². The number of hydrogen-bond acceptors (Lipinski definition) is 8. The molecule has 0 amide bonds. The van der Waals surface area contributed by atoms with E-state index in [-0.39, 0.29) is 12.1 Å². The van der Waals surface area contributed by atoms with Crippen molar-refractivity contribution in [2.75, 3.05) is 53.4 Å². The van der Waals surface area contributed by atoms with Gasteiger partial charge in [-0.15, -0.1) is 0 Å². The molecule has 4 aliphatic heterocycles. The molecular formula is C16H24N4O4. The summed E-state index contributed by atoms with van der Waals surface area (Å²) in [5, 5.41) is 6.50. The van der Waals surface area contributed by atoms with Gasteiger partial charge in [0, 0.05) is 51.4 Å². The summed E-state index contributed by atoms with van der Waals surface area (Å²) in [6.45, 7) is 4.40. The zero-order valence-electron chi connectivity index (χ0n) is 14.1. The number of carbonyl (C=O) groups excluding carboxylic acids is 2. The van der Waals surface area contributed by atoms with E-state index in [1.165, 1.54) is 12.2 Å². The predicted octanol–water partition coefficient (Wildman–Crippen LogP) is -2.06. The van der Waals surface area contributed by atoms with Gasteiger partial charge in [0.2, 0.25) is 0 Å². The van der Waals surface area contributed by atoms with Gasteiger partial charge in [-0.25, -0.2) is 9.59 Å². The Morgan fingerprint density at radius 3 is 1.71 bits per heavy atom. The zero-order chi connectivity index (χ0) is 16.9. The average Bonchev–Trinajstić information content (AvgIpc) is 3.02. The van der Waals surface area contributed by atoms with E-state index in [0.29, 0.717) is 13.1 Å². The number of fused-ring (bicyclic) bond motifs is 2. The zero-order valence-corrected chi connectivity index (χ0v) is 14.1. The van der Waals surface area contributed by atoms with Crippen LogP contribution < -0.4 is 10.6 Å². The fourth-order valence-electron chi connectivity index (χ4n) is 4.60. The molecule has 0 aromatic heterocycles. The Kier molecular flexibility index (Phi) is 3.68. The summed E-state index contributed by atoms with van der Waals surface area (Å²) in [5.74, 6) is -0.976. The highest BCUT2D eigenvalue weighted by Gasteiger charge is 2.58. The van der Waals surface area contributed by atoms with Gasteiger partial charge in [0.05, 0.1) is 12.1 Å². The summed E-state index contributed by atoms with van der Waals surface area (Å²) in [5.41, 5.74) is -0.897. The van der Waals surface area contributed by atoms with Crippen LogP contribution in [0.3, 0.4) is 0 Å². The number of hydrogen-bond donors (Lipinski definition) is 2. The molecule has 0 aliphatic carbocycles. The first-order chi connectivity index (χ1) is 11.4. The molecule has 4 atom stereocenters. The number of nitrogens with zero attached hydrogens (tertiary/aromatic N) is 2. The van der Waals surface area contributed by atoms with Crippen LogP contribution in [0.15, 0.2) is 12.2 Å². The average molecular weight is 336 g/mol. The van der Waals surface area contributed by atoms with Crippen LogP contribution in [0.5, 0.6) is 0 Å². The van der Waals surface area contributed by atoms with Gasteiger partial charge in [0.25, 0.3) is 0 Å². The van der Waals surface area contributed by atoms with Crippen molar-refractivity contribution in [1.82, 2.24) is 20.4 Å². The van der Waals surface area contributed by atoms with Crippen LogP contribution in [0, 0.1) is 0 Å². The Morgan fingerprint density at radius 2 is 1.33 bits per heavy atom. The van der Waals surface area contributed by atoms with Crippen LogP contribution in [0.1, 0.15) is 0 Å². The highest BCUT2D eigenvalue weighted by Crippen LogP contribution is 2.35. The van der Waals surface area contributed by atoms with Crippen molar-refractivity contribution in [3.8, 4) is 0 Å². The number of rotatable bonds is 4. The molecule has 4 fully saturated rings. The normalized spacial score (nSPS) is 41.4. The molecule has 8 heteroatoms. The minimum Gasteiger partial charge on any atom is -0.451 e. The van der Waals surface area contributed by atoms with E-state index in [1.807, 2.05) is 14.1 Å². The number of esters is 2. The Morgan fingerprint density at radius 1 is 0.917 bits per heavy atom. The molecule has 0 aromatic carbocycles. The van der Waals surface area contributed by atoms with Crippen molar-refractivity contribution >= 4 is 11.9 Å². The lowest BCUT2D eigenvalue weighted by Gasteiger charge is -2.50. The van der Waals surface area contributed by atoms with E-state index in [0.717, 1.165) is 26.2 Å². The largest absolute Gasteiger partial charge is 0.451 e. The standard InChI is InChI=1S/C16H24N4O4/c1-19-9-15(7-17-5-11(15)19)23-13(21)3-4-14(22)24-16-8-18-6-12(16)20(2)10-16/h3-4,11-12,17-18H,5-10H2,1-2H3/b4-3+. The van der Waals surface area contributed by atoms with Crippen molar-refractivity contribution in [3.05, 3.63) is 12.2 Å². The summed E-state index contributed by atoms with van der Waals surface area (Å²) < 4.78 is 11.2. The van der Waals surface area contributed by atoms with Gasteiger partial charge in [-0.3, -0.25) is 9.80 Å². The number of ether oxygens (including phenoxy) is 2. The molecule has 0 bridgehead atoms. The molecule has 4 aliphatic rings.